The molecule has 0 spiro atoms. The second-order valence-electron chi connectivity index (χ2n) is 4.34. The molecule has 0 aliphatic carbocycles. The molecule has 0 amide bonds. The van der Waals surface area contributed by atoms with E-state index in [9.17, 15) is 0 Å². The maximum absolute atomic E-state index is 5.73. The van der Waals surface area contributed by atoms with Gasteiger partial charge in [0.05, 0.1) is 7.11 Å². The Bertz CT molecular complexity index is 403. The van der Waals surface area contributed by atoms with Gasteiger partial charge in [0.2, 0.25) is 0 Å². The molecule has 0 heterocycles. The number of anilines is 1. The summed E-state index contributed by atoms with van der Waals surface area (Å²) in [6.07, 6.45) is 2.33. The third kappa shape index (κ3) is 3.88. The molecule has 3 N–H and O–H groups in total. The highest BCUT2D eigenvalue weighted by Crippen LogP contribution is 2.23. The summed E-state index contributed by atoms with van der Waals surface area (Å²) in [7, 11) is 1.65. The van der Waals surface area contributed by atoms with Crippen molar-refractivity contribution in [2.45, 2.75) is 26.7 Å². The summed E-state index contributed by atoms with van der Waals surface area (Å²) < 4.78 is 5.22. The molecule has 3 nitrogen and oxygen atoms in total. The van der Waals surface area contributed by atoms with Crippen molar-refractivity contribution in [3.63, 3.8) is 0 Å². The van der Waals surface area contributed by atoms with Gasteiger partial charge in [-0.3, -0.25) is 0 Å². The van der Waals surface area contributed by atoms with E-state index in [1.807, 2.05) is 18.2 Å². The molecule has 0 aliphatic heterocycles. The highest BCUT2D eigenvalue weighted by atomic mass is 32.1. The van der Waals surface area contributed by atoms with Gasteiger partial charge in [-0.2, -0.15) is 0 Å². The van der Waals surface area contributed by atoms with Crippen LogP contribution in [0, 0.1) is 5.92 Å². The molecule has 1 aromatic rings. The SMILES string of the molecule is CCC(CC)CNc1cc(OC)ccc1C(N)=S. The summed E-state index contributed by atoms with van der Waals surface area (Å²) >= 11 is 5.06. The van der Waals surface area contributed by atoms with Crippen molar-refractivity contribution < 1.29 is 4.74 Å². The quantitative estimate of drug-likeness (QED) is 0.744. The molecule has 1 aromatic carbocycles. The molecule has 4 heteroatoms. The van der Waals surface area contributed by atoms with E-state index in [-0.39, 0.29) is 0 Å². The smallest absolute Gasteiger partial charge is 0.120 e. The van der Waals surface area contributed by atoms with Gasteiger partial charge in [0.1, 0.15) is 10.7 Å². The van der Waals surface area contributed by atoms with Gasteiger partial charge in [-0.15, -0.1) is 0 Å². The van der Waals surface area contributed by atoms with Crippen molar-refractivity contribution in [3.05, 3.63) is 23.8 Å². The van der Waals surface area contributed by atoms with Gasteiger partial charge in [-0.25, -0.2) is 0 Å². The Morgan fingerprint density at radius 1 is 1.39 bits per heavy atom. The van der Waals surface area contributed by atoms with Crippen LogP contribution in [-0.4, -0.2) is 18.6 Å². The maximum atomic E-state index is 5.73. The van der Waals surface area contributed by atoms with Gasteiger partial charge >= 0.3 is 0 Å². The van der Waals surface area contributed by atoms with Crippen LogP contribution in [0.4, 0.5) is 5.69 Å². The molecule has 18 heavy (non-hydrogen) atoms. The fraction of sp³-hybridized carbons (Fsp3) is 0.500. The highest BCUT2D eigenvalue weighted by Gasteiger charge is 2.09. The van der Waals surface area contributed by atoms with Crippen LogP contribution in [0.5, 0.6) is 5.75 Å². The van der Waals surface area contributed by atoms with Crippen molar-refractivity contribution in [2.24, 2.45) is 11.7 Å². The summed E-state index contributed by atoms with van der Waals surface area (Å²) in [5.41, 5.74) is 7.55. The molecule has 0 aromatic heterocycles. The first-order valence-corrected chi connectivity index (χ1v) is 6.74. The van der Waals surface area contributed by atoms with E-state index < -0.39 is 0 Å². The number of nitrogens with two attached hydrogens (primary N) is 1. The van der Waals surface area contributed by atoms with Crippen LogP contribution >= 0.6 is 12.2 Å². The van der Waals surface area contributed by atoms with Crippen LogP contribution in [0.1, 0.15) is 32.3 Å². The van der Waals surface area contributed by atoms with Gasteiger partial charge in [0.25, 0.3) is 0 Å². The second kappa shape index (κ2) is 7.21. The summed E-state index contributed by atoms with van der Waals surface area (Å²) in [5, 5.41) is 3.42. The zero-order chi connectivity index (χ0) is 13.5. The van der Waals surface area contributed by atoms with Crippen LogP contribution < -0.4 is 15.8 Å². The average Bonchev–Trinajstić information content (AvgIpc) is 2.39. The van der Waals surface area contributed by atoms with Crippen molar-refractivity contribution >= 4 is 22.9 Å². The van der Waals surface area contributed by atoms with E-state index in [1.165, 1.54) is 0 Å². The van der Waals surface area contributed by atoms with Crippen molar-refractivity contribution in [3.8, 4) is 5.75 Å². The number of ether oxygens (including phenoxy) is 1. The molecule has 0 atom stereocenters. The molecular formula is C14H22N2OS. The Morgan fingerprint density at radius 3 is 2.56 bits per heavy atom. The van der Waals surface area contributed by atoms with Crippen LogP contribution in [0.3, 0.4) is 0 Å². The number of benzene rings is 1. The number of hydrogen-bond acceptors (Lipinski definition) is 3. The first-order valence-electron chi connectivity index (χ1n) is 6.34. The third-order valence-corrected chi connectivity index (χ3v) is 3.45. The van der Waals surface area contributed by atoms with Gasteiger partial charge in [-0.05, 0) is 18.1 Å². The fourth-order valence-corrected chi connectivity index (χ4v) is 2.02. The normalized spacial score (nSPS) is 10.4. The number of methoxy groups -OCH3 is 1. The Labute approximate surface area is 115 Å². The van der Waals surface area contributed by atoms with Gasteiger partial charge in [0, 0.05) is 23.9 Å². The van der Waals surface area contributed by atoms with E-state index in [2.05, 4.69) is 19.2 Å². The molecule has 0 bridgehead atoms. The summed E-state index contributed by atoms with van der Waals surface area (Å²) in [5.74, 6) is 1.47. The molecule has 0 fully saturated rings. The van der Waals surface area contributed by atoms with Crippen LogP contribution in [-0.2, 0) is 0 Å². The first kappa shape index (κ1) is 14.8. The van der Waals surface area contributed by atoms with E-state index in [0.717, 1.165) is 36.4 Å². The summed E-state index contributed by atoms with van der Waals surface area (Å²) in [4.78, 5) is 0.407. The molecule has 0 aliphatic rings. The molecule has 100 valence electrons. The van der Waals surface area contributed by atoms with Crippen molar-refractivity contribution in [1.82, 2.24) is 0 Å². The standard InChI is InChI=1S/C14H22N2OS/c1-4-10(5-2)9-16-13-8-11(17-3)6-7-12(13)14(15)18/h6-8,10,16H,4-5,9H2,1-3H3,(H2,15,18). The average molecular weight is 266 g/mol. The lowest BCUT2D eigenvalue weighted by atomic mass is 10.0. The molecule has 0 saturated carbocycles. The lowest BCUT2D eigenvalue weighted by Crippen LogP contribution is -2.17. The minimum Gasteiger partial charge on any atom is -0.497 e. The molecule has 1 rings (SSSR count). The predicted molar refractivity (Wildman–Crippen MR) is 81.4 cm³/mol. The fourth-order valence-electron chi connectivity index (χ4n) is 1.84. The van der Waals surface area contributed by atoms with Gasteiger partial charge < -0.3 is 15.8 Å². The number of nitrogens with one attached hydrogen (secondary N) is 1. The largest absolute Gasteiger partial charge is 0.497 e. The highest BCUT2D eigenvalue weighted by molar-refractivity contribution is 7.80. The van der Waals surface area contributed by atoms with E-state index in [0.29, 0.717) is 10.9 Å². The minimum absolute atomic E-state index is 0.407. The molecule has 0 unspecified atom stereocenters. The van der Waals surface area contributed by atoms with E-state index in [1.54, 1.807) is 7.11 Å². The number of rotatable bonds is 7. The number of thiocarbonyl (C=S) groups is 1. The van der Waals surface area contributed by atoms with E-state index in [4.69, 9.17) is 22.7 Å². The predicted octanol–water partition coefficient (Wildman–Crippen LogP) is 3.18. The van der Waals surface area contributed by atoms with E-state index >= 15 is 0 Å². The number of hydrogen-bond donors (Lipinski definition) is 2. The summed E-state index contributed by atoms with van der Waals surface area (Å²) in [6, 6.07) is 5.71. The Hall–Kier alpha value is -1.29. The monoisotopic (exact) mass is 266 g/mol. The second-order valence-corrected chi connectivity index (χ2v) is 4.78. The Morgan fingerprint density at radius 2 is 2.06 bits per heavy atom. The third-order valence-electron chi connectivity index (χ3n) is 3.23. The van der Waals surface area contributed by atoms with Crippen LogP contribution in [0.25, 0.3) is 0 Å². The van der Waals surface area contributed by atoms with Crippen LogP contribution in [0.2, 0.25) is 0 Å². The minimum atomic E-state index is 0.407. The topological polar surface area (TPSA) is 47.3 Å². The van der Waals surface area contributed by atoms with Crippen LogP contribution in [0.15, 0.2) is 18.2 Å². The first-order chi connectivity index (χ1) is 8.62. The summed E-state index contributed by atoms with van der Waals surface area (Å²) in [6.45, 7) is 5.33. The molecule has 0 saturated heterocycles. The molecular weight excluding hydrogens is 244 g/mol. The Balaban J connectivity index is 2.87. The van der Waals surface area contributed by atoms with Gasteiger partial charge in [-0.1, -0.05) is 38.9 Å². The Kier molecular flexibility index (Phi) is 5.92. The van der Waals surface area contributed by atoms with Crippen molar-refractivity contribution in [1.29, 1.82) is 0 Å². The van der Waals surface area contributed by atoms with Crippen molar-refractivity contribution in [2.75, 3.05) is 19.0 Å². The molecule has 0 radical (unpaired) electrons. The maximum Gasteiger partial charge on any atom is 0.120 e. The lowest BCUT2D eigenvalue weighted by Gasteiger charge is -2.17. The van der Waals surface area contributed by atoms with Gasteiger partial charge in [0.15, 0.2) is 0 Å². The lowest BCUT2D eigenvalue weighted by molar-refractivity contribution is 0.415. The zero-order valence-electron chi connectivity index (χ0n) is 11.3. The zero-order valence-corrected chi connectivity index (χ0v) is 12.1.